The van der Waals surface area contributed by atoms with Crippen molar-refractivity contribution in [2.45, 2.75) is 191 Å². The molecule has 0 radical (unpaired) electrons. The van der Waals surface area contributed by atoms with Gasteiger partial charge in [-0.2, -0.15) is 26.3 Å². The summed E-state index contributed by atoms with van der Waals surface area (Å²) < 4.78 is 107. The third-order valence-electron chi connectivity index (χ3n) is 18.0. The summed E-state index contributed by atoms with van der Waals surface area (Å²) >= 11 is 0. The van der Waals surface area contributed by atoms with Gasteiger partial charge in [0.1, 0.15) is 11.8 Å². The molecule has 19 heteroatoms. The molecular weight excluding hydrogens is 941 g/mol. The van der Waals surface area contributed by atoms with E-state index in [1.165, 1.54) is 6.07 Å². The van der Waals surface area contributed by atoms with E-state index in [0.29, 0.717) is 49.3 Å². The van der Waals surface area contributed by atoms with Gasteiger partial charge in [-0.1, -0.05) is 57.3 Å². The molecule has 4 bridgehead atoms. The molecule has 11 fully saturated rings. The largest absolute Gasteiger partial charge is 0.433 e. The summed E-state index contributed by atoms with van der Waals surface area (Å²) in [7, 11) is 0. The standard InChI is InChI=1S/C35H51NO9.C17H16F6N2O/c1-8-17-37-36-27(29-22(5)26-12-10-20(3)24-14-16-33(7)41-31(39-29)35(24,26)45-43-33)18-28-21(4)25-11-9-19(2)23-13-15-32(6)40-30(38-28)34(23,25)44-42-32;18-16(19,20)11-5-3-4-9-10(15(26)12-6-1-2-7-24-12)8-13(17(21,22)23)25-14(9)11/h1,19-26,28-31H,9-18H2,2-7H3;3-5,8,12,15,24,26H,1-2,6-7H2/b36-27-;/t19-,20-,21-,22-,23+,24+,25+,26+,28-,29+,30-,31-,32?,33?,34-,35-;12-,15+/m11/s1. The van der Waals surface area contributed by atoms with Crippen LogP contribution in [0.2, 0.25) is 0 Å². The van der Waals surface area contributed by atoms with Crippen molar-refractivity contribution in [3.8, 4) is 12.3 Å². The molecule has 9 saturated heterocycles. The average molecular weight is 1010 g/mol. The van der Waals surface area contributed by atoms with Crippen LogP contribution in [0.4, 0.5) is 26.3 Å². The van der Waals surface area contributed by atoms with Crippen molar-refractivity contribution in [3.63, 3.8) is 0 Å². The normalized spacial score (nSPS) is 43.4. The highest BCUT2D eigenvalue weighted by Gasteiger charge is 2.71. The van der Waals surface area contributed by atoms with Crippen LogP contribution in [-0.2, 0) is 55.7 Å². The molecule has 2 saturated carbocycles. The zero-order chi connectivity index (χ0) is 50.5. The Morgan fingerprint density at radius 2 is 1.44 bits per heavy atom. The molecule has 9 aliphatic heterocycles. The number of terminal acetylenes is 1. The van der Waals surface area contributed by atoms with Crippen LogP contribution in [0.15, 0.2) is 29.4 Å². The van der Waals surface area contributed by atoms with Crippen molar-refractivity contribution in [1.82, 2.24) is 10.3 Å². The quantitative estimate of drug-likeness (QED) is 0.0681. The van der Waals surface area contributed by atoms with Crippen LogP contribution in [-0.4, -0.2) is 82.6 Å². The second-order valence-electron chi connectivity index (χ2n) is 22.3. The zero-order valence-corrected chi connectivity index (χ0v) is 41.2. The number of aliphatic hydroxyl groups excluding tert-OH is 1. The molecular formula is C52H67F6N3O10. The summed E-state index contributed by atoms with van der Waals surface area (Å²) in [5.74, 6) is 3.10. The molecule has 1 aromatic carbocycles. The first-order chi connectivity index (χ1) is 33.6. The van der Waals surface area contributed by atoms with Crippen molar-refractivity contribution < 1.29 is 74.8 Å². The highest BCUT2D eigenvalue weighted by Crippen LogP contribution is 2.63. The summed E-state index contributed by atoms with van der Waals surface area (Å²) in [6.45, 7) is 13.8. The van der Waals surface area contributed by atoms with E-state index in [-0.39, 0.29) is 59.4 Å². The molecule has 71 heavy (non-hydrogen) atoms. The summed E-state index contributed by atoms with van der Waals surface area (Å²) in [6.07, 6.45) is 3.31. The minimum absolute atomic E-state index is 0.0741. The number of hydrogen-bond donors (Lipinski definition) is 2. The summed E-state index contributed by atoms with van der Waals surface area (Å²) in [5, 5.41) is 18.2. The van der Waals surface area contributed by atoms with Crippen LogP contribution in [0.3, 0.4) is 0 Å². The number of aliphatic hydroxyl groups is 1. The highest BCUT2D eigenvalue weighted by atomic mass is 19.4. The van der Waals surface area contributed by atoms with Gasteiger partial charge in [-0.3, -0.25) is 0 Å². The average Bonchev–Trinajstić information content (AvgIpc) is 3.71. The fourth-order valence-corrected chi connectivity index (χ4v) is 14.3. The lowest BCUT2D eigenvalue weighted by atomic mass is 9.56. The molecule has 1 aromatic heterocycles. The molecule has 0 amide bonds. The van der Waals surface area contributed by atoms with Crippen LogP contribution < -0.4 is 5.32 Å². The number of piperidine rings is 1. The lowest BCUT2D eigenvalue weighted by molar-refractivity contribution is -0.571. The number of halogens is 6. The van der Waals surface area contributed by atoms with Gasteiger partial charge in [0.25, 0.3) is 0 Å². The molecule has 13 nitrogen and oxygen atoms in total. The first-order valence-corrected chi connectivity index (χ1v) is 25.6. The predicted octanol–water partition coefficient (Wildman–Crippen LogP) is 10.3. The van der Waals surface area contributed by atoms with Gasteiger partial charge in [-0.15, -0.1) is 6.42 Å². The number of fused-ring (bicyclic) bond motifs is 5. The van der Waals surface area contributed by atoms with Gasteiger partial charge in [0, 0.05) is 42.5 Å². The molecule has 2 N–H and O–H groups in total. The van der Waals surface area contributed by atoms with E-state index in [1.807, 2.05) is 13.8 Å². The van der Waals surface area contributed by atoms with E-state index in [0.717, 1.165) is 76.0 Å². The lowest BCUT2D eigenvalue weighted by Gasteiger charge is -2.61. The Morgan fingerprint density at radius 1 is 0.817 bits per heavy atom. The number of alkyl halides is 6. The van der Waals surface area contributed by atoms with E-state index in [4.69, 9.17) is 54.9 Å². The number of pyridine rings is 1. The van der Waals surface area contributed by atoms with Crippen LogP contribution in [0, 0.1) is 59.7 Å². The number of para-hydroxylation sites is 1. The minimum Gasteiger partial charge on any atom is -0.387 e. The molecule has 13 rings (SSSR count). The maximum Gasteiger partial charge on any atom is 0.433 e. The maximum atomic E-state index is 13.2. The van der Waals surface area contributed by atoms with E-state index in [9.17, 15) is 31.4 Å². The van der Waals surface area contributed by atoms with E-state index in [1.54, 1.807) is 0 Å². The predicted molar refractivity (Wildman–Crippen MR) is 243 cm³/mol. The number of aromatic nitrogens is 1. The number of nitrogens with one attached hydrogen (secondary N) is 1. The molecule has 18 atom stereocenters. The van der Waals surface area contributed by atoms with Crippen molar-refractivity contribution in [1.29, 1.82) is 0 Å². The van der Waals surface area contributed by atoms with Gasteiger partial charge in [0.05, 0.1) is 29.0 Å². The Morgan fingerprint density at radius 3 is 2.01 bits per heavy atom. The van der Waals surface area contributed by atoms with Crippen molar-refractivity contribution >= 4 is 16.6 Å². The van der Waals surface area contributed by atoms with E-state index in [2.05, 4.69) is 43.9 Å². The first-order valence-electron chi connectivity index (χ1n) is 25.6. The minimum atomic E-state index is -4.93. The van der Waals surface area contributed by atoms with E-state index >= 15 is 0 Å². The Labute approximate surface area is 410 Å². The molecule has 392 valence electrons. The van der Waals surface area contributed by atoms with Gasteiger partial charge >= 0.3 is 12.4 Å². The van der Waals surface area contributed by atoms with Crippen LogP contribution in [0.1, 0.15) is 142 Å². The SMILES string of the molecule is C#CCO/N=C(/C[C@H]1O[C@@H]2OC3(C)CC[C@H]4[C@H](C)CC[C@@H]([C@H]1C)[C@@]24OO3)[C@H]1O[C@@H]2OC3(C)CC[C@H]4[C@H](C)CC[C@@H]([C@H]1C)[C@@]24OO3.O[C@@H](c1cc(C(F)(F)F)nc2c(C(F)(F)F)cccc12)[C@H]1CCCCN1. The van der Waals surface area contributed by atoms with Crippen LogP contribution in [0.25, 0.3) is 10.9 Å². The Bertz CT molecular complexity index is 2360. The van der Waals surface area contributed by atoms with Gasteiger partial charge < -0.3 is 34.2 Å². The Kier molecular flexibility index (Phi) is 13.7. The molecule has 2 aromatic rings. The van der Waals surface area contributed by atoms with Gasteiger partial charge in [0.15, 0.2) is 30.4 Å². The van der Waals surface area contributed by atoms with Crippen LogP contribution >= 0.6 is 0 Å². The summed E-state index contributed by atoms with van der Waals surface area (Å²) in [5.41, 5.74) is -4.20. The second kappa shape index (κ2) is 18.9. The number of benzene rings is 1. The summed E-state index contributed by atoms with van der Waals surface area (Å²) in [4.78, 5) is 33.8. The number of ether oxygens (including phenoxy) is 4. The van der Waals surface area contributed by atoms with Gasteiger partial charge in [-0.05, 0) is 125 Å². The van der Waals surface area contributed by atoms with Crippen molar-refractivity contribution in [2.24, 2.45) is 52.5 Å². The molecule has 2 unspecified atom stereocenters. The topological polar surface area (TPSA) is 141 Å². The van der Waals surface area contributed by atoms with Gasteiger partial charge in [0.2, 0.25) is 11.6 Å². The Hall–Kier alpha value is -3.16. The zero-order valence-electron chi connectivity index (χ0n) is 41.2. The fourth-order valence-electron chi connectivity index (χ4n) is 14.3. The first kappa shape index (κ1) is 51.3. The number of hydrogen-bond acceptors (Lipinski definition) is 13. The monoisotopic (exact) mass is 1010 g/mol. The highest BCUT2D eigenvalue weighted by molar-refractivity contribution is 5.89. The number of rotatable bonds is 7. The summed E-state index contributed by atoms with van der Waals surface area (Å²) in [6, 6.07) is 3.16. The van der Waals surface area contributed by atoms with Gasteiger partial charge in [-0.25, -0.2) is 24.5 Å². The molecule has 10 heterocycles. The third kappa shape index (κ3) is 8.89. The maximum absolute atomic E-state index is 13.2. The van der Waals surface area contributed by atoms with Crippen LogP contribution in [0.5, 0.6) is 0 Å². The lowest BCUT2D eigenvalue weighted by Crippen LogP contribution is -2.71. The molecule has 2 aliphatic carbocycles. The fraction of sp³-hybridized carbons (Fsp3) is 0.769. The number of oxime groups is 1. The Balaban J connectivity index is 0.000000191. The second-order valence-corrected chi connectivity index (χ2v) is 22.3. The molecule has 11 aliphatic rings. The number of nitrogens with zero attached hydrogens (tertiary/aromatic N) is 2. The third-order valence-corrected chi connectivity index (χ3v) is 18.0. The molecule has 2 spiro atoms. The van der Waals surface area contributed by atoms with Crippen molar-refractivity contribution in [2.75, 3.05) is 13.2 Å². The van der Waals surface area contributed by atoms with E-state index < -0.39 is 76.6 Å². The van der Waals surface area contributed by atoms with Crippen molar-refractivity contribution in [3.05, 3.63) is 41.1 Å². The smallest absolute Gasteiger partial charge is 0.387 e.